The molecule has 3 N–H and O–H groups in total. The summed E-state index contributed by atoms with van der Waals surface area (Å²) >= 11 is 0. The van der Waals surface area contributed by atoms with Crippen LogP contribution in [-0.2, 0) is 44.7 Å². The van der Waals surface area contributed by atoms with Crippen LogP contribution in [0.3, 0.4) is 0 Å². The van der Waals surface area contributed by atoms with E-state index < -0.39 is 84.3 Å². The smallest absolute Gasteiger partial charge is 0.328 e. The van der Waals surface area contributed by atoms with Crippen molar-refractivity contribution in [3.63, 3.8) is 0 Å². The van der Waals surface area contributed by atoms with Crippen LogP contribution < -0.4 is 16.0 Å². The summed E-state index contributed by atoms with van der Waals surface area (Å²) in [5.74, 6) is -4.04. The van der Waals surface area contributed by atoms with Crippen molar-refractivity contribution in [2.24, 2.45) is 0 Å². The molecule has 0 spiro atoms. The molecule has 3 heterocycles. The number of ether oxygens (including phenoxy) is 1. The molecule has 0 aromatic heterocycles. The van der Waals surface area contributed by atoms with Crippen LogP contribution in [0, 0.1) is 6.92 Å². The fourth-order valence-electron chi connectivity index (χ4n) is 6.72. The Labute approximate surface area is 299 Å². The van der Waals surface area contributed by atoms with Crippen LogP contribution in [0.25, 0.3) is 0 Å². The van der Waals surface area contributed by atoms with E-state index in [0.29, 0.717) is 32.1 Å². The van der Waals surface area contributed by atoms with Crippen molar-refractivity contribution in [3.05, 3.63) is 47.5 Å². The van der Waals surface area contributed by atoms with E-state index in [0.717, 1.165) is 24.0 Å². The normalized spacial score (nSPS) is 25.7. The summed E-state index contributed by atoms with van der Waals surface area (Å²) in [6.45, 7) is 6.92. The third-order valence-electron chi connectivity index (χ3n) is 9.98. The highest BCUT2D eigenvalue weighted by molar-refractivity contribution is 5.98. The van der Waals surface area contributed by atoms with Gasteiger partial charge in [0.25, 0.3) is 0 Å². The third-order valence-corrected chi connectivity index (χ3v) is 9.98. The number of nitrogens with zero attached hydrogens (tertiary/aromatic N) is 3. The van der Waals surface area contributed by atoms with Crippen molar-refractivity contribution in [1.29, 1.82) is 0 Å². The van der Waals surface area contributed by atoms with Gasteiger partial charge in [0, 0.05) is 26.6 Å². The number of likely N-dealkylation sites (N-methyl/N-ethyl adjacent to an activating group) is 1. The van der Waals surface area contributed by atoms with Gasteiger partial charge in [-0.05, 0) is 70.1 Å². The number of nitrogens with one attached hydrogen (secondary N) is 3. The van der Waals surface area contributed by atoms with E-state index in [1.54, 1.807) is 6.08 Å². The molecule has 6 amide bonds. The summed E-state index contributed by atoms with van der Waals surface area (Å²) in [7, 11) is 1.47. The zero-order valence-corrected chi connectivity index (χ0v) is 30.3. The second-order valence-corrected chi connectivity index (χ2v) is 13.7. The number of aryl methyl sites for hydroxylation is 1. The molecule has 4 rings (SSSR count). The van der Waals surface area contributed by atoms with Gasteiger partial charge in [-0.1, -0.05) is 50.1 Å². The SMILES string of the molecule is CCCC/C=C/C(=O)N[C@@H](Cc1ccccc1C)C(=O)N[C@H]1COC(=O)[C@@H]2CCCN2C(=O)[C@H](C)NC(=O)[C@H](C)N(C)C(=O)[C@@H]2CCCN2C1=O. The van der Waals surface area contributed by atoms with Crippen LogP contribution in [0.5, 0.6) is 0 Å². The molecule has 0 saturated carbocycles. The number of fused-ring (bicyclic) bond motifs is 2. The zero-order valence-electron chi connectivity index (χ0n) is 30.3. The molecule has 14 nitrogen and oxygen atoms in total. The fourth-order valence-corrected chi connectivity index (χ4v) is 6.72. The summed E-state index contributed by atoms with van der Waals surface area (Å²) in [5, 5.41) is 8.16. The average Bonchev–Trinajstić information content (AvgIpc) is 3.81. The van der Waals surface area contributed by atoms with Crippen LogP contribution in [0.15, 0.2) is 36.4 Å². The number of amides is 6. The van der Waals surface area contributed by atoms with Gasteiger partial charge in [-0.2, -0.15) is 0 Å². The van der Waals surface area contributed by atoms with E-state index in [1.807, 2.05) is 38.1 Å². The Hall–Kier alpha value is -4.75. The standard InChI is InChI=1S/C37H52N6O8/c1-6-7-8-9-18-31(44)39-27(21-26-15-11-10-14-23(26)2)33(46)40-28-22-51-37(50)30-17-13-20-43(30)34(47)24(3)38-32(45)25(4)41(5)36(49)29-16-12-19-42(29)35(28)48/h9-11,14-15,18,24-25,27-30H,6-8,12-13,16-17,19-22H2,1-5H3,(H,38,45)(H,39,44)(H,40,46)/b18-9+/t24-,25-,27-,28-,29-,30-/m0/s1. The minimum atomic E-state index is -1.41. The summed E-state index contributed by atoms with van der Waals surface area (Å²) in [5.41, 5.74) is 1.73. The van der Waals surface area contributed by atoms with Crippen molar-refractivity contribution in [1.82, 2.24) is 30.7 Å². The van der Waals surface area contributed by atoms with E-state index in [4.69, 9.17) is 4.74 Å². The number of carbonyl (C=O) groups excluding carboxylic acids is 7. The number of hydrogen-bond donors (Lipinski definition) is 3. The minimum absolute atomic E-state index is 0.126. The monoisotopic (exact) mass is 708 g/mol. The van der Waals surface area contributed by atoms with E-state index in [1.165, 1.54) is 41.7 Å². The minimum Gasteiger partial charge on any atom is -0.461 e. The van der Waals surface area contributed by atoms with Crippen LogP contribution in [0.1, 0.15) is 76.8 Å². The molecule has 6 atom stereocenters. The Morgan fingerprint density at radius 3 is 2.33 bits per heavy atom. The molecular formula is C37H52N6O8. The lowest BCUT2D eigenvalue weighted by Gasteiger charge is -2.34. The molecular weight excluding hydrogens is 656 g/mol. The lowest BCUT2D eigenvalue weighted by molar-refractivity contribution is -0.158. The first-order valence-corrected chi connectivity index (χ1v) is 18.0. The van der Waals surface area contributed by atoms with Crippen LogP contribution >= 0.6 is 0 Å². The number of allylic oxidation sites excluding steroid dienone is 1. The molecule has 0 unspecified atom stereocenters. The number of carbonyl (C=O) groups is 7. The largest absolute Gasteiger partial charge is 0.461 e. The van der Waals surface area contributed by atoms with Crippen LogP contribution in [0.4, 0.5) is 0 Å². The molecule has 0 radical (unpaired) electrons. The molecule has 3 saturated heterocycles. The average molecular weight is 709 g/mol. The quantitative estimate of drug-likeness (QED) is 0.195. The van der Waals surface area contributed by atoms with E-state index in [9.17, 15) is 33.6 Å². The first kappa shape index (κ1) is 39.0. The number of cyclic esters (lactones) is 1. The van der Waals surface area contributed by atoms with Crippen LogP contribution in [0.2, 0.25) is 0 Å². The number of benzene rings is 1. The van der Waals surface area contributed by atoms with Crippen molar-refractivity contribution in [2.75, 3.05) is 26.7 Å². The number of unbranched alkanes of at least 4 members (excludes halogenated alkanes) is 2. The fraction of sp³-hybridized carbons (Fsp3) is 0.595. The first-order valence-electron chi connectivity index (χ1n) is 18.0. The summed E-state index contributed by atoms with van der Waals surface area (Å²) < 4.78 is 5.66. The lowest BCUT2D eigenvalue weighted by atomic mass is 10.00. The van der Waals surface area contributed by atoms with Gasteiger partial charge in [0.2, 0.25) is 35.4 Å². The second-order valence-electron chi connectivity index (χ2n) is 13.7. The van der Waals surface area contributed by atoms with E-state index in [-0.39, 0.29) is 19.5 Å². The molecule has 278 valence electrons. The Balaban J connectivity index is 1.65. The Kier molecular flexibility index (Phi) is 13.7. The van der Waals surface area contributed by atoms with Crippen molar-refractivity contribution >= 4 is 41.4 Å². The number of rotatable bonds is 9. The summed E-state index contributed by atoms with van der Waals surface area (Å²) in [6.07, 6.45) is 7.52. The molecule has 3 fully saturated rings. The highest BCUT2D eigenvalue weighted by Crippen LogP contribution is 2.23. The maximum Gasteiger partial charge on any atom is 0.328 e. The van der Waals surface area contributed by atoms with Gasteiger partial charge in [0.05, 0.1) is 0 Å². The predicted molar refractivity (Wildman–Crippen MR) is 188 cm³/mol. The highest BCUT2D eigenvalue weighted by Gasteiger charge is 2.43. The molecule has 51 heavy (non-hydrogen) atoms. The van der Waals surface area contributed by atoms with Crippen LogP contribution in [-0.4, -0.2) is 119 Å². The van der Waals surface area contributed by atoms with Gasteiger partial charge >= 0.3 is 5.97 Å². The lowest BCUT2D eigenvalue weighted by Crippen LogP contribution is -2.60. The molecule has 3 aliphatic rings. The number of esters is 1. The van der Waals surface area contributed by atoms with Gasteiger partial charge in [-0.25, -0.2) is 4.79 Å². The Bertz CT molecular complexity index is 1510. The van der Waals surface area contributed by atoms with Gasteiger partial charge in [0.1, 0.15) is 42.9 Å². The van der Waals surface area contributed by atoms with Crippen molar-refractivity contribution in [3.8, 4) is 0 Å². The molecule has 1 aromatic carbocycles. The Morgan fingerprint density at radius 2 is 1.65 bits per heavy atom. The maximum atomic E-state index is 14.2. The Morgan fingerprint density at radius 1 is 0.980 bits per heavy atom. The molecule has 3 aliphatic heterocycles. The molecule has 1 aromatic rings. The topological polar surface area (TPSA) is 175 Å². The summed E-state index contributed by atoms with van der Waals surface area (Å²) in [6, 6.07) is 1.14. The molecule has 14 heteroatoms. The van der Waals surface area contributed by atoms with E-state index >= 15 is 0 Å². The summed E-state index contributed by atoms with van der Waals surface area (Å²) in [4.78, 5) is 98.9. The number of hydrogen-bond acceptors (Lipinski definition) is 8. The van der Waals surface area contributed by atoms with Gasteiger partial charge in [-0.3, -0.25) is 28.8 Å². The first-order chi connectivity index (χ1) is 24.3. The van der Waals surface area contributed by atoms with E-state index in [2.05, 4.69) is 16.0 Å². The zero-order chi connectivity index (χ0) is 37.2. The maximum absolute atomic E-state index is 14.2. The van der Waals surface area contributed by atoms with Crippen molar-refractivity contribution in [2.45, 2.75) is 115 Å². The third kappa shape index (κ3) is 9.73. The van der Waals surface area contributed by atoms with Gasteiger partial charge in [0.15, 0.2) is 0 Å². The van der Waals surface area contributed by atoms with Crippen molar-refractivity contribution < 1.29 is 38.3 Å². The molecule has 0 bridgehead atoms. The molecule has 0 aliphatic carbocycles. The second kappa shape index (κ2) is 18.0. The van der Waals surface area contributed by atoms with Gasteiger partial charge in [-0.15, -0.1) is 0 Å². The highest BCUT2D eigenvalue weighted by atomic mass is 16.5. The predicted octanol–water partition coefficient (Wildman–Crippen LogP) is 1.14. The van der Waals surface area contributed by atoms with Gasteiger partial charge < -0.3 is 35.4 Å².